The van der Waals surface area contributed by atoms with Crippen molar-refractivity contribution >= 4 is 33.3 Å². The van der Waals surface area contributed by atoms with E-state index in [0.717, 1.165) is 0 Å². The highest BCUT2D eigenvalue weighted by atomic mass is 32.2. The average molecular weight is 561 g/mol. The quantitative estimate of drug-likeness (QED) is 0.391. The zero-order valence-corrected chi connectivity index (χ0v) is 23.3. The van der Waals surface area contributed by atoms with Crippen LogP contribution in [0.4, 0.5) is 16.3 Å². The number of likely N-dealkylation sites (N-methyl/N-ethyl adjacent to an activating group) is 1. The van der Waals surface area contributed by atoms with E-state index in [4.69, 9.17) is 14.7 Å². The number of aromatic nitrogens is 2. The summed E-state index contributed by atoms with van der Waals surface area (Å²) in [5.41, 5.74) is 1.64. The predicted molar refractivity (Wildman–Crippen MR) is 147 cm³/mol. The number of hydrogen-bond acceptors (Lipinski definition) is 9. The minimum atomic E-state index is -3.54. The second-order valence-corrected chi connectivity index (χ2v) is 12.5. The Bertz CT molecular complexity index is 1300. The fourth-order valence-electron chi connectivity index (χ4n) is 4.49. The summed E-state index contributed by atoms with van der Waals surface area (Å²) in [6, 6.07) is 8.23. The number of amides is 3. The van der Waals surface area contributed by atoms with E-state index in [2.05, 4.69) is 15.5 Å². The van der Waals surface area contributed by atoms with E-state index in [1.807, 2.05) is 6.92 Å². The van der Waals surface area contributed by atoms with E-state index in [9.17, 15) is 23.1 Å². The number of nitrogens with one attached hydrogen (secondary N) is 2. The lowest BCUT2D eigenvalue weighted by molar-refractivity contribution is -0.127. The summed E-state index contributed by atoms with van der Waals surface area (Å²) in [4.78, 5) is 36.9. The van der Waals surface area contributed by atoms with E-state index in [1.54, 1.807) is 44.4 Å². The Morgan fingerprint density at radius 1 is 1.21 bits per heavy atom. The van der Waals surface area contributed by atoms with Crippen LogP contribution in [-0.4, -0.2) is 99.1 Å². The Balaban J connectivity index is 1.62. The molecule has 212 valence electrons. The number of aliphatic hydroxyl groups excluding tert-OH is 1. The molecular formula is C26H36N6O6S. The van der Waals surface area contributed by atoms with Gasteiger partial charge in [0.05, 0.1) is 37.2 Å². The molecule has 12 nitrogen and oxygen atoms in total. The van der Waals surface area contributed by atoms with Crippen molar-refractivity contribution in [3.05, 3.63) is 36.0 Å². The van der Waals surface area contributed by atoms with Crippen LogP contribution in [0.25, 0.3) is 11.4 Å². The van der Waals surface area contributed by atoms with Gasteiger partial charge >= 0.3 is 6.03 Å². The Morgan fingerprint density at radius 2 is 1.92 bits per heavy atom. The third-order valence-electron chi connectivity index (χ3n) is 7.01. The number of benzene rings is 1. The van der Waals surface area contributed by atoms with Crippen molar-refractivity contribution in [3.8, 4) is 11.4 Å². The molecule has 13 heteroatoms. The smallest absolute Gasteiger partial charge is 0.319 e. The molecule has 2 aliphatic rings. The number of hydrogen-bond donors (Lipinski definition) is 3. The molecule has 2 heterocycles. The fourth-order valence-corrected chi connectivity index (χ4v) is 6.54. The molecule has 3 N–H and O–H groups in total. The van der Waals surface area contributed by atoms with Gasteiger partial charge in [-0.1, -0.05) is 0 Å². The first-order valence-electron chi connectivity index (χ1n) is 13.0. The summed E-state index contributed by atoms with van der Waals surface area (Å²) >= 11 is 0. The first kappa shape index (κ1) is 28.7. The maximum atomic E-state index is 13.3. The number of sulfone groups is 1. The highest BCUT2D eigenvalue weighted by molar-refractivity contribution is 7.92. The highest BCUT2D eigenvalue weighted by Gasteiger charge is 2.56. The van der Waals surface area contributed by atoms with Gasteiger partial charge in [0.2, 0.25) is 5.91 Å². The van der Waals surface area contributed by atoms with Crippen molar-refractivity contribution in [3.63, 3.8) is 0 Å². The molecule has 0 unspecified atom stereocenters. The van der Waals surface area contributed by atoms with Gasteiger partial charge in [0, 0.05) is 44.6 Å². The predicted octanol–water partition coefficient (Wildman–Crippen LogP) is 1.36. The van der Waals surface area contributed by atoms with Crippen molar-refractivity contribution in [2.75, 3.05) is 63.0 Å². The summed E-state index contributed by atoms with van der Waals surface area (Å²) < 4.78 is 31.1. The first-order valence-corrected chi connectivity index (χ1v) is 14.6. The number of urea groups is 1. The number of carbonyl (C=O) groups excluding carboxylic acids is 2. The molecule has 1 aromatic carbocycles. The molecule has 1 atom stereocenters. The van der Waals surface area contributed by atoms with Crippen molar-refractivity contribution in [1.29, 1.82) is 0 Å². The molecule has 2 fully saturated rings. The molecule has 2 aromatic rings. The van der Waals surface area contributed by atoms with Gasteiger partial charge in [-0.15, -0.1) is 0 Å². The normalized spacial score (nSPS) is 18.4. The van der Waals surface area contributed by atoms with Crippen LogP contribution in [0.15, 0.2) is 30.3 Å². The van der Waals surface area contributed by atoms with E-state index >= 15 is 0 Å². The summed E-state index contributed by atoms with van der Waals surface area (Å²) in [5.74, 6) is 0.697. The second-order valence-electron chi connectivity index (χ2n) is 10.1. The van der Waals surface area contributed by atoms with Gasteiger partial charge in [-0.25, -0.2) is 23.2 Å². The molecule has 0 radical (unpaired) electrons. The fraction of sp³-hybridized carbons (Fsp3) is 0.538. The molecule has 1 aliphatic heterocycles. The zero-order chi connectivity index (χ0) is 28.2. The van der Waals surface area contributed by atoms with Crippen molar-refractivity contribution < 1.29 is 27.9 Å². The molecule has 4 rings (SSSR count). The Labute approximate surface area is 228 Å². The van der Waals surface area contributed by atoms with Crippen molar-refractivity contribution in [2.45, 2.75) is 37.0 Å². The number of ether oxygens (including phenoxy) is 1. The number of morpholine rings is 1. The maximum Gasteiger partial charge on any atom is 0.319 e. The van der Waals surface area contributed by atoms with Gasteiger partial charge in [0.15, 0.2) is 15.7 Å². The van der Waals surface area contributed by atoms with Gasteiger partial charge in [-0.05, 0) is 50.5 Å². The number of anilines is 2. The average Bonchev–Trinajstić information content (AvgIpc) is 3.74. The molecule has 1 aromatic heterocycles. The monoisotopic (exact) mass is 560 g/mol. The summed E-state index contributed by atoms with van der Waals surface area (Å²) in [7, 11) is -0.317. The van der Waals surface area contributed by atoms with Crippen LogP contribution in [0.5, 0.6) is 0 Å². The molecule has 1 saturated carbocycles. The van der Waals surface area contributed by atoms with Crippen LogP contribution >= 0.6 is 0 Å². The molecule has 0 spiro atoms. The third kappa shape index (κ3) is 6.48. The number of carbonyl (C=O) groups is 2. The lowest BCUT2D eigenvalue weighted by Crippen LogP contribution is -2.44. The minimum absolute atomic E-state index is 0.0555. The van der Waals surface area contributed by atoms with E-state index < -0.39 is 20.6 Å². The van der Waals surface area contributed by atoms with E-state index in [-0.39, 0.29) is 37.3 Å². The van der Waals surface area contributed by atoms with Gasteiger partial charge < -0.3 is 30.3 Å². The number of rotatable bonds is 10. The molecule has 39 heavy (non-hydrogen) atoms. The molecule has 1 aliphatic carbocycles. The third-order valence-corrected chi connectivity index (χ3v) is 9.65. The van der Waals surface area contributed by atoms with Crippen LogP contribution < -0.4 is 15.5 Å². The topological polar surface area (TPSA) is 154 Å². The highest BCUT2D eigenvalue weighted by Crippen LogP contribution is 2.53. The van der Waals surface area contributed by atoms with E-state index in [1.165, 1.54) is 4.90 Å². The largest absolute Gasteiger partial charge is 0.396 e. The van der Waals surface area contributed by atoms with Gasteiger partial charge in [0.1, 0.15) is 10.6 Å². The molecule has 0 bridgehead atoms. The van der Waals surface area contributed by atoms with Gasteiger partial charge in [-0.3, -0.25) is 4.79 Å². The zero-order valence-electron chi connectivity index (χ0n) is 22.5. The summed E-state index contributed by atoms with van der Waals surface area (Å²) in [6.07, 6.45) is 1.13. The number of aliphatic hydroxyl groups is 1. The van der Waals surface area contributed by atoms with Crippen LogP contribution in [0.2, 0.25) is 0 Å². The van der Waals surface area contributed by atoms with E-state index in [0.29, 0.717) is 61.2 Å². The number of nitrogens with zero attached hydrogens (tertiary/aromatic N) is 4. The van der Waals surface area contributed by atoms with Gasteiger partial charge in [-0.2, -0.15) is 0 Å². The van der Waals surface area contributed by atoms with Crippen molar-refractivity contribution in [2.24, 2.45) is 0 Å². The lowest BCUT2D eigenvalue weighted by Gasteiger charge is -2.34. The maximum absolute atomic E-state index is 13.3. The van der Waals surface area contributed by atoms with Crippen LogP contribution in [0.3, 0.4) is 0 Å². The Morgan fingerprint density at radius 3 is 2.54 bits per heavy atom. The Kier molecular flexibility index (Phi) is 8.72. The standard InChI is InChI=1S/C26H36N6O6S/c1-18-17-38-13-11-32(18)22-15-21(26(9-10-26)39(36,37)14-4-12-33)29-24(30-22)19-5-7-20(8-6-19)28-25(35)27-16-23(34)31(2)3/h5-8,15,18,33H,4,9-14,16-17H2,1-3H3,(H2,27,28,35)/t18-/m0/s1. The summed E-state index contributed by atoms with van der Waals surface area (Å²) in [5, 5.41) is 14.4. The minimum Gasteiger partial charge on any atom is -0.396 e. The van der Waals surface area contributed by atoms with Gasteiger partial charge in [0.25, 0.3) is 0 Å². The molecule has 3 amide bonds. The Hall–Kier alpha value is -3.29. The SMILES string of the molecule is C[C@H]1COCCN1c1cc(C2(S(=O)(=O)CCCO)CC2)nc(-c2ccc(NC(=O)NCC(=O)N(C)C)cc2)n1. The van der Waals surface area contributed by atoms with Crippen LogP contribution in [0, 0.1) is 0 Å². The summed E-state index contributed by atoms with van der Waals surface area (Å²) in [6.45, 7) is 3.42. The van der Waals surface area contributed by atoms with Crippen LogP contribution in [-0.2, 0) is 24.1 Å². The lowest BCUT2D eigenvalue weighted by atomic mass is 10.1. The first-order chi connectivity index (χ1) is 18.6. The second kappa shape index (κ2) is 11.8. The van der Waals surface area contributed by atoms with Crippen molar-refractivity contribution in [1.82, 2.24) is 20.2 Å². The van der Waals surface area contributed by atoms with Crippen LogP contribution in [0.1, 0.15) is 31.9 Å². The molecule has 1 saturated heterocycles. The molecular weight excluding hydrogens is 524 g/mol.